The highest BCUT2D eigenvalue weighted by molar-refractivity contribution is 8.23. The number of primary amides is 1. The van der Waals surface area contributed by atoms with Gasteiger partial charge in [-0.3, -0.25) is 24.6 Å². The lowest BCUT2D eigenvalue weighted by atomic mass is 10.2. The number of nitrogens with zero attached hydrogens (tertiary/aromatic N) is 2. The third-order valence-electron chi connectivity index (χ3n) is 3.64. The maximum Gasteiger partial charge on any atom is 0.357 e. The van der Waals surface area contributed by atoms with Crippen molar-refractivity contribution >= 4 is 47.0 Å². The van der Waals surface area contributed by atoms with Crippen molar-refractivity contribution in [1.29, 1.82) is 0 Å². The molecule has 2 aliphatic heterocycles. The molecule has 1 aromatic carbocycles. The number of carbonyl (C=O) groups excluding carboxylic acids is 3. The molecule has 2 heterocycles. The Morgan fingerprint density at radius 2 is 2.08 bits per heavy atom. The smallest absolute Gasteiger partial charge is 0.357 e. The van der Waals surface area contributed by atoms with E-state index in [1.165, 1.54) is 40.9 Å². The second-order valence-corrected chi connectivity index (χ2v) is 7.86. The number of nitrogens with two attached hydrogens (primary N) is 1. The lowest BCUT2D eigenvalue weighted by molar-refractivity contribution is -0.384. The van der Waals surface area contributed by atoms with E-state index in [1.54, 1.807) is 0 Å². The van der Waals surface area contributed by atoms with E-state index in [0.29, 0.717) is 16.2 Å². The molecule has 11 heteroatoms. The maximum absolute atomic E-state index is 12.5. The van der Waals surface area contributed by atoms with Gasteiger partial charge in [0.15, 0.2) is 5.70 Å². The van der Waals surface area contributed by atoms with Crippen LogP contribution in [0.3, 0.4) is 0 Å². The number of nitro benzene ring substituents is 1. The first-order valence-electron chi connectivity index (χ1n) is 7.41. The molecule has 0 spiro atoms. The fraction of sp³-hybridized carbons (Fsp3) is 0.267. The van der Waals surface area contributed by atoms with Gasteiger partial charge in [-0.05, 0) is 17.7 Å². The van der Waals surface area contributed by atoms with E-state index in [-0.39, 0.29) is 35.0 Å². The van der Waals surface area contributed by atoms with Crippen molar-refractivity contribution in [1.82, 2.24) is 4.90 Å². The minimum atomic E-state index is -0.682. The van der Waals surface area contributed by atoms with Crippen molar-refractivity contribution in [2.45, 2.75) is 18.4 Å². The van der Waals surface area contributed by atoms with Gasteiger partial charge >= 0.3 is 5.97 Å². The van der Waals surface area contributed by atoms with Crippen molar-refractivity contribution in [3.63, 3.8) is 0 Å². The number of esters is 1. The van der Waals surface area contributed by atoms with Crippen LogP contribution in [0.15, 0.2) is 34.2 Å². The first kappa shape index (κ1) is 18.3. The Morgan fingerprint density at radius 1 is 1.38 bits per heavy atom. The second-order valence-electron chi connectivity index (χ2n) is 5.43. The van der Waals surface area contributed by atoms with E-state index >= 15 is 0 Å². The van der Waals surface area contributed by atoms with Crippen LogP contribution in [-0.4, -0.2) is 38.7 Å². The molecular weight excluding hydrogens is 382 g/mol. The highest BCUT2D eigenvalue weighted by Crippen LogP contribution is 2.50. The van der Waals surface area contributed by atoms with Crippen LogP contribution in [0.4, 0.5) is 5.69 Å². The summed E-state index contributed by atoms with van der Waals surface area (Å²) in [6, 6.07) is 5.61. The normalized spacial score (nSPS) is 18.4. The molecule has 26 heavy (non-hydrogen) atoms. The SMILES string of the molecule is NC(=O)CSC1=C(C(=O)OCc2ccc([N+](=O)[O-])cc2)N2C(=O)C[C@@H]2S1. The maximum atomic E-state index is 12.5. The van der Waals surface area contributed by atoms with Crippen LogP contribution in [-0.2, 0) is 25.7 Å². The van der Waals surface area contributed by atoms with Gasteiger partial charge in [-0.25, -0.2) is 4.79 Å². The first-order valence-corrected chi connectivity index (χ1v) is 9.28. The molecule has 2 N–H and O–H groups in total. The van der Waals surface area contributed by atoms with Crippen LogP contribution in [0.1, 0.15) is 12.0 Å². The molecule has 2 amide bonds. The molecule has 1 saturated heterocycles. The van der Waals surface area contributed by atoms with Gasteiger partial charge in [0.1, 0.15) is 6.61 Å². The minimum Gasteiger partial charge on any atom is -0.456 e. The highest BCUT2D eigenvalue weighted by atomic mass is 32.2. The van der Waals surface area contributed by atoms with E-state index in [4.69, 9.17) is 10.5 Å². The van der Waals surface area contributed by atoms with E-state index < -0.39 is 16.8 Å². The highest BCUT2D eigenvalue weighted by Gasteiger charge is 2.49. The molecule has 0 unspecified atom stereocenters. The van der Waals surface area contributed by atoms with Crippen LogP contribution in [0.2, 0.25) is 0 Å². The number of hydrogen-bond donors (Lipinski definition) is 1. The number of non-ortho nitro benzene ring substituents is 1. The Morgan fingerprint density at radius 3 is 2.65 bits per heavy atom. The van der Waals surface area contributed by atoms with Crippen molar-refractivity contribution in [2.75, 3.05) is 5.75 Å². The Labute approximate surface area is 156 Å². The number of nitro groups is 1. The minimum absolute atomic E-state index is 0.00375. The quantitative estimate of drug-likeness (QED) is 0.316. The second kappa shape index (κ2) is 7.38. The number of fused-ring (bicyclic) bond motifs is 1. The first-order chi connectivity index (χ1) is 12.4. The number of β-lactam (4-membered cyclic amide) rings is 1. The summed E-state index contributed by atoms with van der Waals surface area (Å²) < 4.78 is 5.78. The molecule has 1 fully saturated rings. The molecule has 136 valence electrons. The van der Waals surface area contributed by atoms with E-state index in [2.05, 4.69) is 0 Å². The summed E-state index contributed by atoms with van der Waals surface area (Å²) in [5.41, 5.74) is 5.78. The topological polar surface area (TPSA) is 133 Å². The number of thioether (sulfide) groups is 2. The Balaban J connectivity index is 1.69. The molecule has 2 aliphatic rings. The van der Waals surface area contributed by atoms with Crippen molar-refractivity contribution < 1.29 is 24.0 Å². The molecule has 0 aromatic heterocycles. The summed E-state index contributed by atoms with van der Waals surface area (Å²) in [5, 5.41) is 10.5. The molecule has 0 bridgehead atoms. The number of rotatable bonds is 7. The molecule has 3 rings (SSSR count). The molecule has 0 saturated carbocycles. The summed E-state index contributed by atoms with van der Waals surface area (Å²) >= 11 is 2.44. The molecule has 0 radical (unpaired) electrons. The monoisotopic (exact) mass is 395 g/mol. The number of benzene rings is 1. The van der Waals surface area contributed by atoms with Gasteiger partial charge in [0.05, 0.1) is 26.7 Å². The zero-order valence-corrected chi connectivity index (χ0v) is 14.9. The Kier molecular flexibility index (Phi) is 5.18. The van der Waals surface area contributed by atoms with Gasteiger partial charge < -0.3 is 10.5 Å². The molecule has 1 atom stereocenters. The van der Waals surface area contributed by atoms with Gasteiger partial charge in [-0.2, -0.15) is 0 Å². The Hall–Kier alpha value is -2.53. The third kappa shape index (κ3) is 3.68. The number of amides is 2. The van der Waals surface area contributed by atoms with E-state index in [9.17, 15) is 24.5 Å². The van der Waals surface area contributed by atoms with Gasteiger partial charge in [-0.1, -0.05) is 11.8 Å². The Bertz CT molecular complexity index is 823. The van der Waals surface area contributed by atoms with Gasteiger partial charge in [0, 0.05) is 12.1 Å². The lowest BCUT2D eigenvalue weighted by Crippen LogP contribution is -2.48. The van der Waals surface area contributed by atoms with Crippen LogP contribution < -0.4 is 5.73 Å². The number of hydrogen-bond acceptors (Lipinski definition) is 8. The zero-order chi connectivity index (χ0) is 18.8. The van der Waals surface area contributed by atoms with Crippen LogP contribution in [0.25, 0.3) is 0 Å². The van der Waals surface area contributed by atoms with E-state index in [0.717, 1.165) is 11.8 Å². The largest absolute Gasteiger partial charge is 0.456 e. The van der Waals surface area contributed by atoms with Gasteiger partial charge in [0.2, 0.25) is 11.8 Å². The fourth-order valence-electron chi connectivity index (χ4n) is 2.38. The van der Waals surface area contributed by atoms with Crippen LogP contribution >= 0.6 is 23.5 Å². The van der Waals surface area contributed by atoms with E-state index in [1.807, 2.05) is 0 Å². The van der Waals surface area contributed by atoms with Crippen LogP contribution in [0, 0.1) is 10.1 Å². The van der Waals surface area contributed by atoms with Crippen molar-refractivity contribution in [2.24, 2.45) is 5.73 Å². The van der Waals surface area contributed by atoms with Gasteiger partial charge in [0.25, 0.3) is 5.69 Å². The standard InChI is InChI=1S/C15H13N3O6S2/c16-10(19)7-25-15-13(17-11(20)5-12(17)26-15)14(21)24-6-8-1-3-9(4-2-8)18(22)23/h1-4,12H,5-7H2,(H2,16,19)/t12-/m0/s1. The molecule has 0 aliphatic carbocycles. The van der Waals surface area contributed by atoms with Gasteiger partial charge in [-0.15, -0.1) is 11.8 Å². The summed E-state index contributed by atoms with van der Waals surface area (Å²) in [6.07, 6.45) is 0.324. The molecule has 9 nitrogen and oxygen atoms in total. The molecule has 1 aromatic rings. The summed E-state index contributed by atoms with van der Waals surface area (Å²) in [4.78, 5) is 46.7. The number of carbonyl (C=O) groups is 3. The average Bonchev–Trinajstić information content (AvgIpc) is 2.90. The predicted molar refractivity (Wildman–Crippen MR) is 94.4 cm³/mol. The van der Waals surface area contributed by atoms with Crippen molar-refractivity contribution in [3.8, 4) is 0 Å². The number of ether oxygens (including phenoxy) is 1. The van der Waals surface area contributed by atoms with Crippen molar-refractivity contribution in [3.05, 3.63) is 49.9 Å². The summed E-state index contributed by atoms with van der Waals surface area (Å²) in [6.45, 7) is -0.0918. The average molecular weight is 395 g/mol. The van der Waals surface area contributed by atoms with Crippen LogP contribution in [0.5, 0.6) is 0 Å². The lowest BCUT2D eigenvalue weighted by Gasteiger charge is -2.34. The summed E-state index contributed by atoms with van der Waals surface area (Å²) in [5.74, 6) is -1.39. The predicted octanol–water partition coefficient (Wildman–Crippen LogP) is 1.33. The molecular formula is C15H13N3O6S2. The third-order valence-corrected chi connectivity index (χ3v) is 6.22. The zero-order valence-electron chi connectivity index (χ0n) is 13.2. The fourth-order valence-corrected chi connectivity index (χ4v) is 4.85. The summed E-state index contributed by atoms with van der Waals surface area (Å²) in [7, 11) is 0.